The van der Waals surface area contributed by atoms with Crippen LogP contribution in [0.4, 0.5) is 5.69 Å². The zero-order valence-electron chi connectivity index (χ0n) is 25.7. The molecule has 4 aromatic carbocycles. The molecule has 7 nitrogen and oxygen atoms in total. The third-order valence-electron chi connectivity index (χ3n) is 8.31. The summed E-state index contributed by atoms with van der Waals surface area (Å²) in [5.41, 5.74) is 1.55. The van der Waals surface area contributed by atoms with Gasteiger partial charge in [-0.1, -0.05) is 121 Å². The molecule has 4 aromatic rings. The number of carbonyl (C=O) groups is 2. The summed E-state index contributed by atoms with van der Waals surface area (Å²) in [4.78, 5) is 30.3. The van der Waals surface area contributed by atoms with E-state index in [1.165, 1.54) is 35.2 Å². The molecule has 0 unspecified atom stereocenters. The Bertz CT molecular complexity index is 1790. The predicted octanol–water partition coefficient (Wildman–Crippen LogP) is 7.93. The van der Waals surface area contributed by atoms with Crippen LogP contribution in [0.2, 0.25) is 15.1 Å². The summed E-state index contributed by atoms with van der Waals surface area (Å²) in [6, 6.07) is 27.8. The average Bonchev–Trinajstić information content (AvgIpc) is 3.07. The highest BCUT2D eigenvalue weighted by Gasteiger charge is 2.36. The second-order valence-electron chi connectivity index (χ2n) is 11.6. The summed E-state index contributed by atoms with van der Waals surface area (Å²) in [5.74, 6) is -0.904. The van der Waals surface area contributed by atoms with Crippen molar-refractivity contribution in [3.63, 3.8) is 0 Å². The van der Waals surface area contributed by atoms with Gasteiger partial charge in [0.05, 0.1) is 15.6 Å². The molecule has 47 heavy (non-hydrogen) atoms. The van der Waals surface area contributed by atoms with Gasteiger partial charge < -0.3 is 10.2 Å². The first-order chi connectivity index (χ1) is 22.6. The van der Waals surface area contributed by atoms with Crippen molar-refractivity contribution in [1.82, 2.24) is 10.2 Å². The van der Waals surface area contributed by atoms with Crippen molar-refractivity contribution in [2.75, 3.05) is 10.8 Å². The van der Waals surface area contributed by atoms with Crippen LogP contribution in [0, 0.1) is 0 Å². The van der Waals surface area contributed by atoms with E-state index in [2.05, 4.69) is 5.32 Å². The molecule has 0 bridgehead atoms. The second-order valence-corrected chi connectivity index (χ2v) is 14.7. The van der Waals surface area contributed by atoms with Gasteiger partial charge >= 0.3 is 0 Å². The molecule has 1 aliphatic carbocycles. The Kier molecular flexibility index (Phi) is 11.9. The number of halogens is 3. The predicted molar refractivity (Wildman–Crippen MR) is 188 cm³/mol. The maximum absolute atomic E-state index is 14.7. The van der Waals surface area contributed by atoms with Gasteiger partial charge in [0.15, 0.2) is 0 Å². The van der Waals surface area contributed by atoms with E-state index in [1.54, 1.807) is 42.5 Å². The third-order valence-corrected chi connectivity index (χ3v) is 11.0. The van der Waals surface area contributed by atoms with E-state index in [-0.39, 0.29) is 40.5 Å². The number of benzene rings is 4. The van der Waals surface area contributed by atoms with E-state index >= 15 is 0 Å². The lowest BCUT2D eigenvalue weighted by Crippen LogP contribution is -2.55. The molecule has 0 radical (unpaired) electrons. The summed E-state index contributed by atoms with van der Waals surface area (Å²) in [5, 5.41) is 3.98. The molecule has 0 spiro atoms. The fourth-order valence-electron chi connectivity index (χ4n) is 5.82. The van der Waals surface area contributed by atoms with Gasteiger partial charge in [-0.15, -0.1) is 0 Å². The van der Waals surface area contributed by atoms with Gasteiger partial charge in [-0.3, -0.25) is 13.9 Å². The summed E-state index contributed by atoms with van der Waals surface area (Å²) in [7, 11) is -4.29. The topological polar surface area (TPSA) is 86.8 Å². The molecule has 0 saturated heterocycles. The van der Waals surface area contributed by atoms with Crippen LogP contribution in [-0.2, 0) is 32.6 Å². The van der Waals surface area contributed by atoms with Crippen LogP contribution in [0.15, 0.2) is 108 Å². The van der Waals surface area contributed by atoms with E-state index in [4.69, 9.17) is 34.8 Å². The SMILES string of the molecule is O=C(NC1CCCCC1)[C@@H](Cc1ccccc1)N(Cc1ccccc1Cl)C(=O)CN(c1ccc(Cl)cc1Cl)S(=O)(=O)c1ccccc1. The van der Waals surface area contributed by atoms with Gasteiger partial charge in [-0.25, -0.2) is 8.42 Å². The van der Waals surface area contributed by atoms with Crippen LogP contribution in [0.3, 0.4) is 0 Å². The van der Waals surface area contributed by atoms with Crippen molar-refractivity contribution in [3.8, 4) is 0 Å². The fraction of sp³-hybridized carbons (Fsp3) is 0.278. The van der Waals surface area contributed by atoms with E-state index in [1.807, 2.05) is 30.3 Å². The first kappa shape index (κ1) is 34.8. The molecular weight excluding hydrogens is 677 g/mol. The zero-order chi connectivity index (χ0) is 33.4. The Morgan fingerprint density at radius 2 is 1.43 bits per heavy atom. The lowest BCUT2D eigenvalue weighted by atomic mass is 9.94. The minimum Gasteiger partial charge on any atom is -0.352 e. The molecule has 1 N–H and O–H groups in total. The average molecular weight is 713 g/mol. The first-order valence-corrected chi connectivity index (χ1v) is 18.1. The first-order valence-electron chi connectivity index (χ1n) is 15.5. The number of rotatable bonds is 12. The quantitative estimate of drug-likeness (QED) is 0.162. The number of anilines is 1. The molecule has 1 aliphatic rings. The molecule has 1 fully saturated rings. The zero-order valence-corrected chi connectivity index (χ0v) is 28.8. The Labute approximate surface area is 291 Å². The molecule has 1 saturated carbocycles. The fourth-order valence-corrected chi connectivity index (χ4v) is 8.04. The summed E-state index contributed by atoms with van der Waals surface area (Å²) >= 11 is 19.3. The van der Waals surface area contributed by atoms with Crippen molar-refractivity contribution in [3.05, 3.63) is 129 Å². The molecule has 0 aromatic heterocycles. The van der Waals surface area contributed by atoms with Crippen LogP contribution in [0.5, 0.6) is 0 Å². The minimum absolute atomic E-state index is 0.00498. The molecule has 0 heterocycles. The number of sulfonamides is 1. The highest BCUT2D eigenvalue weighted by molar-refractivity contribution is 7.92. The van der Waals surface area contributed by atoms with Gasteiger partial charge in [0, 0.05) is 29.1 Å². The van der Waals surface area contributed by atoms with Crippen molar-refractivity contribution in [1.29, 1.82) is 0 Å². The van der Waals surface area contributed by atoms with E-state index in [0.717, 1.165) is 42.0 Å². The van der Waals surface area contributed by atoms with Crippen LogP contribution in [0.1, 0.15) is 43.2 Å². The standard InChI is InChI=1S/C36H36Cl3N3O4S/c37-28-20-21-33(32(39)23-28)42(47(45,46)30-17-8-3-9-18-30)25-35(43)41(24-27-14-10-11-19-31(27)38)34(22-26-12-4-1-5-13-26)36(44)40-29-15-6-2-7-16-29/h1,3-5,8-14,17-21,23,29,34H,2,6-7,15-16,22,24-25H2,(H,40,44)/t34-/m1/s1. The second kappa shape index (κ2) is 16.0. The van der Waals surface area contributed by atoms with Crippen molar-refractivity contribution in [2.24, 2.45) is 0 Å². The van der Waals surface area contributed by atoms with Gasteiger partial charge in [0.2, 0.25) is 11.8 Å². The molecule has 246 valence electrons. The molecule has 2 amide bonds. The van der Waals surface area contributed by atoms with Gasteiger partial charge in [-0.05, 0) is 60.4 Å². The molecule has 11 heteroatoms. The Hall–Kier alpha value is -3.56. The molecule has 1 atom stereocenters. The van der Waals surface area contributed by atoms with Crippen molar-refractivity contribution >= 4 is 62.3 Å². The van der Waals surface area contributed by atoms with Crippen LogP contribution < -0.4 is 9.62 Å². The van der Waals surface area contributed by atoms with Crippen molar-refractivity contribution in [2.45, 2.75) is 62.0 Å². The number of hydrogen-bond acceptors (Lipinski definition) is 4. The van der Waals surface area contributed by atoms with E-state index < -0.39 is 28.5 Å². The summed E-state index contributed by atoms with van der Waals surface area (Å²) in [6.45, 7) is -0.660. The van der Waals surface area contributed by atoms with E-state index in [9.17, 15) is 18.0 Å². The molecule has 5 rings (SSSR count). The van der Waals surface area contributed by atoms with Crippen molar-refractivity contribution < 1.29 is 18.0 Å². The van der Waals surface area contributed by atoms with Gasteiger partial charge in [0.25, 0.3) is 10.0 Å². The van der Waals surface area contributed by atoms with Gasteiger partial charge in [-0.2, -0.15) is 0 Å². The Morgan fingerprint density at radius 1 is 0.787 bits per heavy atom. The normalized spacial score (nSPS) is 14.3. The van der Waals surface area contributed by atoms with E-state index in [0.29, 0.717) is 15.6 Å². The smallest absolute Gasteiger partial charge is 0.264 e. The number of amides is 2. The summed E-state index contributed by atoms with van der Waals surface area (Å²) < 4.78 is 29.3. The number of nitrogens with zero attached hydrogens (tertiary/aromatic N) is 2. The number of nitrogens with one attached hydrogen (secondary N) is 1. The van der Waals surface area contributed by atoms with Crippen LogP contribution in [0.25, 0.3) is 0 Å². The monoisotopic (exact) mass is 711 g/mol. The number of carbonyl (C=O) groups excluding carboxylic acids is 2. The maximum atomic E-state index is 14.7. The third kappa shape index (κ3) is 8.87. The highest BCUT2D eigenvalue weighted by atomic mass is 35.5. The molecule has 0 aliphatic heterocycles. The Balaban J connectivity index is 1.58. The lowest BCUT2D eigenvalue weighted by Gasteiger charge is -2.35. The largest absolute Gasteiger partial charge is 0.352 e. The minimum atomic E-state index is -4.29. The Morgan fingerprint density at radius 3 is 2.09 bits per heavy atom. The number of hydrogen-bond donors (Lipinski definition) is 1. The highest BCUT2D eigenvalue weighted by Crippen LogP contribution is 2.33. The van der Waals surface area contributed by atoms with Crippen LogP contribution >= 0.6 is 34.8 Å². The maximum Gasteiger partial charge on any atom is 0.264 e. The van der Waals surface area contributed by atoms with Crippen LogP contribution in [-0.4, -0.2) is 43.8 Å². The summed E-state index contributed by atoms with van der Waals surface area (Å²) in [6.07, 6.45) is 5.09. The lowest BCUT2D eigenvalue weighted by molar-refractivity contribution is -0.140. The van der Waals surface area contributed by atoms with Gasteiger partial charge in [0.1, 0.15) is 12.6 Å². The molecular formula is C36H36Cl3N3O4S.